The summed E-state index contributed by atoms with van der Waals surface area (Å²) in [6.45, 7) is 3.86. The Morgan fingerprint density at radius 3 is 2.58 bits per heavy atom. The minimum Gasteiger partial charge on any atom is -0.483 e. The highest BCUT2D eigenvalue weighted by atomic mass is 16.5. The summed E-state index contributed by atoms with van der Waals surface area (Å²) in [7, 11) is 0. The molecule has 1 saturated carbocycles. The van der Waals surface area contributed by atoms with Gasteiger partial charge in [0, 0.05) is 12.6 Å². The van der Waals surface area contributed by atoms with Crippen molar-refractivity contribution >= 4 is 22.6 Å². The molecule has 0 bridgehead atoms. The smallest absolute Gasteiger partial charge is 0.258 e. The molecule has 1 aliphatic carbocycles. The molecule has 5 nitrogen and oxygen atoms in total. The molecule has 0 atom stereocenters. The predicted octanol–water partition coefficient (Wildman–Crippen LogP) is 2.41. The average molecular weight is 324 g/mol. The molecule has 0 heterocycles. The van der Waals surface area contributed by atoms with E-state index in [9.17, 15) is 9.59 Å². The van der Waals surface area contributed by atoms with Gasteiger partial charge < -0.3 is 15.4 Å². The summed E-state index contributed by atoms with van der Waals surface area (Å²) in [6, 6.07) is 11.6. The van der Waals surface area contributed by atoms with Crippen molar-refractivity contribution < 1.29 is 14.3 Å². The van der Waals surface area contributed by atoms with Crippen LogP contribution in [0.2, 0.25) is 0 Å². The number of fused-ring (bicyclic) bond motifs is 1. The van der Waals surface area contributed by atoms with Crippen molar-refractivity contribution in [2.75, 3.05) is 13.2 Å². The zero-order valence-corrected chi connectivity index (χ0v) is 13.4. The van der Waals surface area contributed by atoms with E-state index in [1.165, 1.54) is 0 Å². The first-order chi connectivity index (χ1) is 11.7. The first-order valence-corrected chi connectivity index (χ1v) is 8.01. The lowest BCUT2D eigenvalue weighted by atomic mass is 10.1. The summed E-state index contributed by atoms with van der Waals surface area (Å²) < 4.78 is 5.64. The number of hydrogen-bond donors (Lipinski definition) is 2. The van der Waals surface area contributed by atoms with Crippen molar-refractivity contribution in [1.29, 1.82) is 0 Å². The van der Waals surface area contributed by atoms with Gasteiger partial charge in [-0.05, 0) is 35.7 Å². The molecule has 0 aliphatic heterocycles. The molecule has 5 heteroatoms. The largest absolute Gasteiger partial charge is 0.483 e. The van der Waals surface area contributed by atoms with Crippen LogP contribution in [0.1, 0.15) is 23.2 Å². The Balaban J connectivity index is 1.82. The van der Waals surface area contributed by atoms with Crippen molar-refractivity contribution in [1.82, 2.24) is 10.6 Å². The average Bonchev–Trinajstić information content (AvgIpc) is 3.40. The van der Waals surface area contributed by atoms with E-state index >= 15 is 0 Å². The van der Waals surface area contributed by atoms with Crippen molar-refractivity contribution in [2.24, 2.45) is 0 Å². The maximum atomic E-state index is 12.4. The Kier molecular flexibility index (Phi) is 4.79. The molecule has 1 aliphatic rings. The summed E-state index contributed by atoms with van der Waals surface area (Å²) in [4.78, 5) is 24.2. The van der Waals surface area contributed by atoms with Crippen LogP contribution in [0.4, 0.5) is 0 Å². The van der Waals surface area contributed by atoms with E-state index in [4.69, 9.17) is 4.74 Å². The van der Waals surface area contributed by atoms with E-state index in [-0.39, 0.29) is 24.5 Å². The second-order valence-corrected chi connectivity index (χ2v) is 5.82. The maximum Gasteiger partial charge on any atom is 0.258 e. The standard InChI is InChI=1S/C19H20N2O3/c1-2-9-20-19(23)16-10-13-5-3-4-6-14(13)11-17(16)24-12-18(22)21-15-7-8-15/h2-6,10-11,15H,1,7-9,12H2,(H,20,23)(H,21,22). The number of ether oxygens (including phenoxy) is 1. The highest BCUT2D eigenvalue weighted by Crippen LogP contribution is 2.26. The summed E-state index contributed by atoms with van der Waals surface area (Å²) in [5, 5.41) is 7.51. The summed E-state index contributed by atoms with van der Waals surface area (Å²) in [5.41, 5.74) is 0.412. The fraction of sp³-hybridized carbons (Fsp3) is 0.263. The third kappa shape index (κ3) is 3.93. The predicted molar refractivity (Wildman–Crippen MR) is 93.1 cm³/mol. The molecular weight excluding hydrogens is 304 g/mol. The number of amides is 2. The highest BCUT2D eigenvalue weighted by molar-refractivity contribution is 6.01. The molecule has 3 rings (SSSR count). The van der Waals surface area contributed by atoms with Crippen LogP contribution in [-0.2, 0) is 4.79 Å². The number of hydrogen-bond acceptors (Lipinski definition) is 3. The Bertz CT molecular complexity index is 781. The van der Waals surface area contributed by atoms with Gasteiger partial charge >= 0.3 is 0 Å². The summed E-state index contributed by atoms with van der Waals surface area (Å²) in [6.07, 6.45) is 3.66. The Morgan fingerprint density at radius 2 is 1.92 bits per heavy atom. The number of rotatable bonds is 7. The van der Waals surface area contributed by atoms with Crippen molar-refractivity contribution in [3.05, 3.63) is 54.6 Å². The van der Waals surface area contributed by atoms with Gasteiger partial charge in [-0.1, -0.05) is 30.3 Å². The van der Waals surface area contributed by atoms with Gasteiger partial charge in [0.2, 0.25) is 0 Å². The Labute approximate surface area is 140 Å². The van der Waals surface area contributed by atoms with Gasteiger partial charge in [0.1, 0.15) is 5.75 Å². The lowest BCUT2D eigenvalue weighted by Crippen LogP contribution is -2.31. The lowest BCUT2D eigenvalue weighted by Gasteiger charge is -2.13. The Hall–Kier alpha value is -2.82. The summed E-state index contributed by atoms with van der Waals surface area (Å²) in [5.74, 6) is -0.0115. The fourth-order valence-electron chi connectivity index (χ4n) is 2.42. The van der Waals surface area contributed by atoms with Crippen LogP contribution in [0.5, 0.6) is 5.75 Å². The van der Waals surface area contributed by atoms with Crippen LogP contribution < -0.4 is 15.4 Å². The topological polar surface area (TPSA) is 67.4 Å². The molecule has 0 radical (unpaired) electrons. The molecule has 0 spiro atoms. The first-order valence-electron chi connectivity index (χ1n) is 8.01. The van der Waals surface area contributed by atoms with Crippen molar-refractivity contribution in [2.45, 2.75) is 18.9 Å². The van der Waals surface area contributed by atoms with Crippen LogP contribution >= 0.6 is 0 Å². The van der Waals surface area contributed by atoms with E-state index in [2.05, 4.69) is 17.2 Å². The van der Waals surface area contributed by atoms with E-state index in [0.29, 0.717) is 17.9 Å². The number of carbonyl (C=O) groups excluding carboxylic acids is 2. The molecule has 2 N–H and O–H groups in total. The molecule has 2 aromatic rings. The summed E-state index contributed by atoms with van der Waals surface area (Å²) >= 11 is 0. The van der Waals surface area contributed by atoms with Gasteiger partial charge in [-0.25, -0.2) is 0 Å². The monoisotopic (exact) mass is 324 g/mol. The number of carbonyl (C=O) groups is 2. The van der Waals surface area contributed by atoms with Gasteiger partial charge in [-0.3, -0.25) is 9.59 Å². The van der Waals surface area contributed by atoms with Gasteiger partial charge in [-0.2, -0.15) is 0 Å². The minimum atomic E-state index is -0.252. The van der Waals surface area contributed by atoms with Gasteiger partial charge in [0.05, 0.1) is 5.56 Å². The van der Waals surface area contributed by atoms with E-state index in [0.717, 1.165) is 23.6 Å². The van der Waals surface area contributed by atoms with Gasteiger partial charge in [0.25, 0.3) is 11.8 Å². The zero-order chi connectivity index (χ0) is 16.9. The fourth-order valence-corrected chi connectivity index (χ4v) is 2.42. The maximum absolute atomic E-state index is 12.4. The third-order valence-corrected chi connectivity index (χ3v) is 3.80. The van der Waals surface area contributed by atoms with Crippen LogP contribution in [0.25, 0.3) is 10.8 Å². The zero-order valence-electron chi connectivity index (χ0n) is 13.4. The molecule has 124 valence electrons. The number of nitrogens with one attached hydrogen (secondary N) is 2. The number of benzene rings is 2. The van der Waals surface area contributed by atoms with Crippen molar-refractivity contribution in [3.8, 4) is 5.75 Å². The second kappa shape index (κ2) is 7.17. The molecule has 1 fully saturated rings. The van der Waals surface area contributed by atoms with E-state index in [1.54, 1.807) is 18.2 Å². The second-order valence-electron chi connectivity index (χ2n) is 5.82. The van der Waals surface area contributed by atoms with Crippen LogP contribution in [0, 0.1) is 0 Å². The van der Waals surface area contributed by atoms with Crippen LogP contribution in [0.15, 0.2) is 49.1 Å². The molecule has 2 amide bonds. The van der Waals surface area contributed by atoms with E-state index in [1.807, 2.05) is 24.3 Å². The van der Waals surface area contributed by atoms with Crippen molar-refractivity contribution in [3.63, 3.8) is 0 Å². The first kappa shape index (κ1) is 16.1. The molecule has 0 aromatic heterocycles. The molecule has 24 heavy (non-hydrogen) atoms. The van der Waals surface area contributed by atoms with E-state index < -0.39 is 0 Å². The van der Waals surface area contributed by atoms with Gasteiger partial charge in [-0.15, -0.1) is 6.58 Å². The minimum absolute atomic E-state index is 0.101. The normalized spacial score (nSPS) is 13.3. The van der Waals surface area contributed by atoms with Crippen LogP contribution in [-0.4, -0.2) is 31.0 Å². The molecule has 0 saturated heterocycles. The lowest BCUT2D eigenvalue weighted by molar-refractivity contribution is -0.123. The quantitative estimate of drug-likeness (QED) is 0.769. The highest BCUT2D eigenvalue weighted by Gasteiger charge is 2.23. The van der Waals surface area contributed by atoms with Gasteiger partial charge in [0.15, 0.2) is 6.61 Å². The molecule has 0 unspecified atom stereocenters. The van der Waals surface area contributed by atoms with Crippen LogP contribution in [0.3, 0.4) is 0 Å². The third-order valence-electron chi connectivity index (χ3n) is 3.80. The Morgan fingerprint density at radius 1 is 1.21 bits per heavy atom. The SMILES string of the molecule is C=CCNC(=O)c1cc2ccccc2cc1OCC(=O)NC1CC1. The molecule has 2 aromatic carbocycles. The molecular formula is C19H20N2O3.